The molecule has 0 saturated heterocycles. The summed E-state index contributed by atoms with van der Waals surface area (Å²) in [5, 5.41) is 3.25. The Balaban J connectivity index is 2.85. The lowest BCUT2D eigenvalue weighted by molar-refractivity contribution is 0.411. The van der Waals surface area contributed by atoms with Gasteiger partial charge in [0.25, 0.3) is 0 Å². The molecule has 0 heterocycles. The summed E-state index contributed by atoms with van der Waals surface area (Å²) in [5.74, 6) is 2.89. The van der Waals surface area contributed by atoms with Crippen LogP contribution in [0.25, 0.3) is 0 Å². The van der Waals surface area contributed by atoms with Crippen molar-refractivity contribution in [2.24, 2.45) is 0 Å². The van der Waals surface area contributed by atoms with Gasteiger partial charge >= 0.3 is 0 Å². The van der Waals surface area contributed by atoms with Crippen molar-refractivity contribution in [1.82, 2.24) is 5.32 Å². The van der Waals surface area contributed by atoms with Gasteiger partial charge in [0.05, 0.1) is 7.11 Å². The molecular formula is C14H21NOS. The summed E-state index contributed by atoms with van der Waals surface area (Å²) in [5.41, 5.74) is 2.54. The molecule has 1 aromatic carbocycles. The normalized spacial score (nSPS) is 12.2. The van der Waals surface area contributed by atoms with Crippen LogP contribution in [0.2, 0.25) is 0 Å². The van der Waals surface area contributed by atoms with E-state index in [2.05, 4.69) is 31.0 Å². The Morgan fingerprint density at radius 3 is 2.88 bits per heavy atom. The van der Waals surface area contributed by atoms with E-state index < -0.39 is 0 Å². The van der Waals surface area contributed by atoms with Crippen LogP contribution in [0.5, 0.6) is 5.75 Å². The van der Waals surface area contributed by atoms with Crippen molar-refractivity contribution in [3.63, 3.8) is 0 Å². The highest BCUT2D eigenvalue weighted by atomic mass is 32.2. The first-order valence-electron chi connectivity index (χ1n) is 5.75. The Kier molecular flexibility index (Phi) is 6.16. The maximum absolute atomic E-state index is 5.38. The van der Waals surface area contributed by atoms with Crippen LogP contribution in [0.3, 0.4) is 0 Å². The summed E-state index contributed by atoms with van der Waals surface area (Å²) in [4.78, 5) is 0. The summed E-state index contributed by atoms with van der Waals surface area (Å²) < 4.78 is 5.38. The highest BCUT2D eigenvalue weighted by Crippen LogP contribution is 2.26. The summed E-state index contributed by atoms with van der Waals surface area (Å²) in [6.45, 7) is 5.89. The number of nitrogens with one attached hydrogen (secondary N) is 1. The topological polar surface area (TPSA) is 21.3 Å². The number of methoxy groups -OCH3 is 1. The van der Waals surface area contributed by atoms with Gasteiger partial charge in [-0.05, 0) is 31.7 Å². The van der Waals surface area contributed by atoms with Crippen LogP contribution in [-0.4, -0.2) is 19.9 Å². The Bertz CT molecular complexity index is 365. The monoisotopic (exact) mass is 251 g/mol. The first-order valence-corrected chi connectivity index (χ1v) is 6.91. The zero-order valence-electron chi connectivity index (χ0n) is 10.8. The van der Waals surface area contributed by atoms with Crippen molar-refractivity contribution in [3.8, 4) is 5.75 Å². The number of hydrogen-bond acceptors (Lipinski definition) is 3. The van der Waals surface area contributed by atoms with E-state index in [9.17, 15) is 0 Å². The molecular weight excluding hydrogens is 230 g/mol. The van der Waals surface area contributed by atoms with E-state index >= 15 is 0 Å². The highest BCUT2D eigenvalue weighted by molar-refractivity contribution is 7.98. The molecule has 0 aromatic heterocycles. The van der Waals surface area contributed by atoms with Crippen molar-refractivity contribution in [1.29, 1.82) is 0 Å². The Hall–Kier alpha value is -0.930. The lowest BCUT2D eigenvalue weighted by atomic mass is 10.1. The van der Waals surface area contributed by atoms with Gasteiger partial charge in [0, 0.05) is 23.1 Å². The Morgan fingerprint density at radius 2 is 2.29 bits per heavy atom. The van der Waals surface area contributed by atoms with Gasteiger partial charge < -0.3 is 10.1 Å². The van der Waals surface area contributed by atoms with E-state index in [1.165, 1.54) is 11.1 Å². The maximum Gasteiger partial charge on any atom is 0.122 e. The second-order valence-corrected chi connectivity index (χ2v) is 4.92. The van der Waals surface area contributed by atoms with Gasteiger partial charge in [-0.1, -0.05) is 12.1 Å². The van der Waals surface area contributed by atoms with Gasteiger partial charge in [-0.3, -0.25) is 0 Å². The lowest BCUT2D eigenvalue weighted by Gasteiger charge is -2.14. The molecule has 0 radical (unpaired) electrons. The fraction of sp³-hybridized carbons (Fsp3) is 0.429. The smallest absolute Gasteiger partial charge is 0.122 e. The molecule has 1 aromatic rings. The summed E-state index contributed by atoms with van der Waals surface area (Å²) in [6, 6.07) is 6.74. The van der Waals surface area contributed by atoms with E-state index in [0.717, 1.165) is 17.3 Å². The molecule has 0 fully saturated rings. The van der Waals surface area contributed by atoms with Crippen molar-refractivity contribution in [2.45, 2.75) is 18.7 Å². The number of benzene rings is 1. The van der Waals surface area contributed by atoms with E-state index in [-0.39, 0.29) is 0 Å². The van der Waals surface area contributed by atoms with Crippen molar-refractivity contribution < 1.29 is 4.74 Å². The lowest BCUT2D eigenvalue weighted by Crippen LogP contribution is -2.12. The fourth-order valence-corrected chi connectivity index (χ4v) is 2.33. The number of ether oxygens (including phenoxy) is 1. The first kappa shape index (κ1) is 14.1. The van der Waals surface area contributed by atoms with E-state index in [0.29, 0.717) is 6.04 Å². The van der Waals surface area contributed by atoms with E-state index in [4.69, 9.17) is 4.74 Å². The molecule has 1 atom stereocenters. The second kappa shape index (κ2) is 7.41. The molecule has 0 spiro atoms. The van der Waals surface area contributed by atoms with Gasteiger partial charge in [-0.25, -0.2) is 0 Å². The van der Waals surface area contributed by atoms with Crippen LogP contribution in [-0.2, 0) is 5.75 Å². The van der Waals surface area contributed by atoms with Gasteiger partial charge in [0.1, 0.15) is 5.75 Å². The largest absolute Gasteiger partial charge is 0.496 e. The molecule has 17 heavy (non-hydrogen) atoms. The average Bonchev–Trinajstić information content (AvgIpc) is 2.38. The minimum absolute atomic E-state index is 0.365. The molecule has 2 nitrogen and oxygen atoms in total. The summed E-state index contributed by atoms with van der Waals surface area (Å²) in [7, 11) is 3.69. The van der Waals surface area contributed by atoms with Crippen LogP contribution < -0.4 is 10.1 Å². The minimum atomic E-state index is 0.365. The molecule has 1 N–H and O–H groups in total. The van der Waals surface area contributed by atoms with E-state index in [1.54, 1.807) is 7.11 Å². The number of thioether (sulfide) groups is 1. The third kappa shape index (κ3) is 4.10. The molecule has 94 valence electrons. The molecule has 0 bridgehead atoms. The molecule has 0 amide bonds. The predicted molar refractivity (Wildman–Crippen MR) is 76.8 cm³/mol. The third-order valence-electron chi connectivity index (χ3n) is 2.73. The van der Waals surface area contributed by atoms with Gasteiger partial charge in [-0.15, -0.1) is 6.58 Å². The number of rotatable bonds is 7. The fourth-order valence-electron chi connectivity index (χ4n) is 1.60. The zero-order chi connectivity index (χ0) is 12.7. The quantitative estimate of drug-likeness (QED) is 0.593. The van der Waals surface area contributed by atoms with Crippen molar-refractivity contribution in [3.05, 3.63) is 42.0 Å². The molecule has 1 unspecified atom stereocenters. The number of hydrogen-bond donors (Lipinski definition) is 1. The molecule has 0 saturated carbocycles. The van der Waals surface area contributed by atoms with Gasteiger partial charge in [-0.2, -0.15) is 11.8 Å². The van der Waals surface area contributed by atoms with Gasteiger partial charge in [0.2, 0.25) is 0 Å². The highest BCUT2D eigenvalue weighted by Gasteiger charge is 2.08. The van der Waals surface area contributed by atoms with Crippen LogP contribution in [0.15, 0.2) is 30.9 Å². The first-order chi connectivity index (χ1) is 8.22. The second-order valence-electron chi connectivity index (χ2n) is 3.89. The Morgan fingerprint density at radius 1 is 1.53 bits per heavy atom. The van der Waals surface area contributed by atoms with Crippen molar-refractivity contribution >= 4 is 11.8 Å². The van der Waals surface area contributed by atoms with Crippen molar-refractivity contribution in [2.75, 3.05) is 19.9 Å². The van der Waals surface area contributed by atoms with Crippen LogP contribution in [0.4, 0.5) is 0 Å². The van der Waals surface area contributed by atoms with Gasteiger partial charge in [0.15, 0.2) is 0 Å². The molecule has 0 aliphatic rings. The van der Waals surface area contributed by atoms with Crippen LogP contribution >= 0.6 is 11.8 Å². The molecule has 0 aliphatic carbocycles. The van der Waals surface area contributed by atoms with Crippen LogP contribution in [0, 0.1) is 0 Å². The summed E-state index contributed by atoms with van der Waals surface area (Å²) in [6.07, 6.45) is 1.93. The summed E-state index contributed by atoms with van der Waals surface area (Å²) >= 11 is 1.85. The predicted octanol–water partition coefficient (Wildman–Crippen LogP) is 3.39. The molecule has 1 rings (SSSR count). The molecule has 0 aliphatic heterocycles. The standard InChI is InChI=1S/C14H21NOS/c1-5-8-17-10-13-9-12(11(2)15-3)6-7-14(13)16-4/h5-7,9,11,15H,1,8,10H2,2-4H3. The molecule has 3 heteroatoms. The van der Waals surface area contributed by atoms with Crippen LogP contribution in [0.1, 0.15) is 24.1 Å². The Labute approximate surface area is 108 Å². The maximum atomic E-state index is 5.38. The minimum Gasteiger partial charge on any atom is -0.496 e. The van der Waals surface area contributed by atoms with E-state index in [1.807, 2.05) is 31.0 Å². The SMILES string of the molecule is C=CCSCc1cc(C(C)NC)ccc1OC. The zero-order valence-corrected chi connectivity index (χ0v) is 11.6. The average molecular weight is 251 g/mol. The third-order valence-corrected chi connectivity index (χ3v) is 3.72.